The van der Waals surface area contributed by atoms with Gasteiger partial charge in [0, 0.05) is 24.2 Å². The van der Waals surface area contributed by atoms with Gasteiger partial charge in [-0.05, 0) is 61.3 Å². The summed E-state index contributed by atoms with van der Waals surface area (Å²) in [5.41, 5.74) is 2.37. The Labute approximate surface area is 191 Å². The van der Waals surface area contributed by atoms with E-state index in [1.165, 1.54) is 18.5 Å². The fourth-order valence-electron chi connectivity index (χ4n) is 4.56. The largest absolute Gasteiger partial charge is 0.480 e. The Morgan fingerprint density at radius 1 is 1.09 bits per heavy atom. The van der Waals surface area contributed by atoms with E-state index < -0.39 is 6.10 Å². The van der Waals surface area contributed by atoms with Gasteiger partial charge in [-0.2, -0.15) is 0 Å². The Hall–Kier alpha value is -3.01. The second kappa shape index (κ2) is 10.1. The number of piperidine rings is 1. The van der Waals surface area contributed by atoms with Crippen molar-refractivity contribution in [1.82, 2.24) is 5.32 Å². The van der Waals surface area contributed by atoms with Gasteiger partial charge >= 0.3 is 0 Å². The number of nitrogens with zero attached hydrogens (tertiary/aromatic N) is 1. The highest BCUT2D eigenvalue weighted by Gasteiger charge is 2.22. The van der Waals surface area contributed by atoms with Crippen molar-refractivity contribution in [3.8, 4) is 5.75 Å². The predicted octanol–water partition coefficient (Wildman–Crippen LogP) is 6.11. The molecule has 1 fully saturated rings. The van der Waals surface area contributed by atoms with Gasteiger partial charge in [0.2, 0.25) is 0 Å². The van der Waals surface area contributed by atoms with Crippen LogP contribution in [0.3, 0.4) is 0 Å². The molecule has 0 saturated carbocycles. The molecule has 0 spiro atoms. The van der Waals surface area contributed by atoms with Crippen LogP contribution < -0.4 is 15.0 Å². The van der Waals surface area contributed by atoms with Gasteiger partial charge in [-0.15, -0.1) is 0 Å². The Bertz CT molecular complexity index is 1040. The zero-order chi connectivity index (χ0) is 22.5. The van der Waals surface area contributed by atoms with E-state index in [1.807, 2.05) is 44.2 Å². The molecule has 0 unspecified atom stereocenters. The average molecular weight is 431 g/mol. The van der Waals surface area contributed by atoms with Crippen LogP contribution in [0, 0.1) is 5.92 Å². The molecule has 3 atom stereocenters. The summed E-state index contributed by atoms with van der Waals surface area (Å²) in [7, 11) is 0. The maximum atomic E-state index is 13.0. The molecule has 0 aromatic heterocycles. The zero-order valence-corrected chi connectivity index (χ0v) is 19.4. The van der Waals surface area contributed by atoms with E-state index in [4.69, 9.17) is 4.74 Å². The lowest BCUT2D eigenvalue weighted by Crippen LogP contribution is -2.39. The molecule has 0 radical (unpaired) electrons. The minimum atomic E-state index is -0.530. The van der Waals surface area contributed by atoms with E-state index in [9.17, 15) is 4.79 Å². The molecule has 168 valence electrons. The molecule has 4 nitrogen and oxygen atoms in total. The van der Waals surface area contributed by atoms with Crippen LogP contribution in [-0.2, 0) is 4.79 Å². The number of carbonyl (C=O) groups is 1. The third kappa shape index (κ3) is 5.07. The normalized spacial score (nSPS) is 18.2. The summed E-state index contributed by atoms with van der Waals surface area (Å²) in [4.78, 5) is 15.5. The van der Waals surface area contributed by atoms with Crippen LogP contribution >= 0.6 is 0 Å². The summed E-state index contributed by atoms with van der Waals surface area (Å²) in [6, 6.07) is 22.6. The molecule has 4 heteroatoms. The number of carbonyl (C=O) groups excluding carboxylic acids is 1. The molecule has 32 heavy (non-hydrogen) atoms. The quantitative estimate of drug-likeness (QED) is 0.492. The van der Waals surface area contributed by atoms with Gasteiger partial charge in [-0.25, -0.2) is 0 Å². The number of fused-ring (bicyclic) bond motifs is 1. The van der Waals surface area contributed by atoms with Crippen molar-refractivity contribution in [2.75, 3.05) is 18.0 Å². The number of hydrogen-bond donors (Lipinski definition) is 1. The van der Waals surface area contributed by atoms with Gasteiger partial charge in [0.1, 0.15) is 5.75 Å². The second-order valence-corrected chi connectivity index (χ2v) is 9.01. The van der Waals surface area contributed by atoms with Crippen LogP contribution in [0.25, 0.3) is 10.8 Å². The van der Waals surface area contributed by atoms with Crippen LogP contribution in [-0.4, -0.2) is 25.1 Å². The van der Waals surface area contributed by atoms with E-state index in [2.05, 4.69) is 53.5 Å². The van der Waals surface area contributed by atoms with Crippen LogP contribution in [0.1, 0.15) is 51.6 Å². The maximum absolute atomic E-state index is 13.0. The first kappa shape index (κ1) is 22.2. The van der Waals surface area contributed by atoms with Crippen molar-refractivity contribution >= 4 is 22.4 Å². The Kier molecular flexibility index (Phi) is 6.99. The average Bonchev–Trinajstić information content (AvgIpc) is 2.82. The summed E-state index contributed by atoms with van der Waals surface area (Å²) in [5.74, 6) is 1.41. The minimum absolute atomic E-state index is 0.0815. The number of amides is 1. The summed E-state index contributed by atoms with van der Waals surface area (Å²) in [6.07, 6.45) is 2.65. The Morgan fingerprint density at radius 3 is 2.59 bits per heavy atom. The maximum Gasteiger partial charge on any atom is 0.261 e. The molecular formula is C28H34N2O2. The molecule has 4 rings (SSSR count). The van der Waals surface area contributed by atoms with Crippen LogP contribution in [0.15, 0.2) is 66.7 Å². The van der Waals surface area contributed by atoms with Crippen LogP contribution in [0.2, 0.25) is 0 Å². The van der Waals surface area contributed by atoms with Gasteiger partial charge < -0.3 is 15.0 Å². The van der Waals surface area contributed by atoms with E-state index in [1.54, 1.807) is 0 Å². The number of rotatable bonds is 7. The van der Waals surface area contributed by atoms with E-state index in [0.29, 0.717) is 6.42 Å². The van der Waals surface area contributed by atoms with Crippen LogP contribution in [0.4, 0.5) is 5.69 Å². The van der Waals surface area contributed by atoms with Gasteiger partial charge in [0.25, 0.3) is 5.91 Å². The standard InChI is InChI=1S/C28H34N2O2/c1-4-26(32-27-13-7-11-23-10-5-6-12-25(23)27)28(31)29-21(3)22-14-16-24(17-15-22)30-18-8-9-20(2)19-30/h5-7,10-17,20-21,26H,4,8-9,18-19H2,1-3H3,(H,29,31)/t20-,21-,26+/m1/s1. The molecule has 1 N–H and O–H groups in total. The molecule has 3 aromatic rings. The molecule has 0 bridgehead atoms. The third-order valence-electron chi connectivity index (χ3n) is 6.46. The lowest BCUT2D eigenvalue weighted by molar-refractivity contribution is -0.128. The van der Waals surface area contributed by atoms with Gasteiger partial charge in [-0.1, -0.05) is 62.4 Å². The number of anilines is 1. The first-order valence-corrected chi connectivity index (χ1v) is 11.8. The molecule has 1 heterocycles. The summed E-state index contributed by atoms with van der Waals surface area (Å²) in [6.45, 7) is 8.58. The third-order valence-corrected chi connectivity index (χ3v) is 6.46. The topological polar surface area (TPSA) is 41.6 Å². The van der Waals surface area contributed by atoms with Gasteiger partial charge in [0.15, 0.2) is 6.10 Å². The fourth-order valence-corrected chi connectivity index (χ4v) is 4.56. The van der Waals surface area contributed by atoms with Crippen molar-refractivity contribution in [2.24, 2.45) is 5.92 Å². The van der Waals surface area contributed by atoms with Crippen molar-refractivity contribution in [3.63, 3.8) is 0 Å². The lowest BCUT2D eigenvalue weighted by Gasteiger charge is -2.33. The van der Waals surface area contributed by atoms with Crippen molar-refractivity contribution in [1.29, 1.82) is 0 Å². The van der Waals surface area contributed by atoms with Crippen molar-refractivity contribution < 1.29 is 9.53 Å². The van der Waals surface area contributed by atoms with Crippen molar-refractivity contribution in [3.05, 3.63) is 72.3 Å². The molecule has 0 aliphatic carbocycles. The highest BCUT2D eigenvalue weighted by Crippen LogP contribution is 2.27. The first-order chi connectivity index (χ1) is 15.5. The predicted molar refractivity (Wildman–Crippen MR) is 132 cm³/mol. The lowest BCUT2D eigenvalue weighted by atomic mass is 9.99. The van der Waals surface area contributed by atoms with Crippen LogP contribution in [0.5, 0.6) is 5.75 Å². The minimum Gasteiger partial charge on any atom is -0.480 e. The highest BCUT2D eigenvalue weighted by molar-refractivity contribution is 5.89. The Balaban J connectivity index is 1.40. The number of benzene rings is 3. The number of nitrogens with one attached hydrogen (secondary N) is 1. The van der Waals surface area contributed by atoms with Gasteiger partial charge in [-0.3, -0.25) is 4.79 Å². The Morgan fingerprint density at radius 2 is 1.84 bits per heavy atom. The van der Waals surface area contributed by atoms with E-state index in [0.717, 1.165) is 41.1 Å². The summed E-state index contributed by atoms with van der Waals surface area (Å²) >= 11 is 0. The second-order valence-electron chi connectivity index (χ2n) is 9.01. The smallest absolute Gasteiger partial charge is 0.261 e. The van der Waals surface area contributed by atoms with E-state index in [-0.39, 0.29) is 11.9 Å². The molecule has 3 aromatic carbocycles. The highest BCUT2D eigenvalue weighted by atomic mass is 16.5. The van der Waals surface area contributed by atoms with E-state index >= 15 is 0 Å². The fraction of sp³-hybridized carbons (Fsp3) is 0.393. The molecule has 1 aliphatic heterocycles. The first-order valence-electron chi connectivity index (χ1n) is 11.8. The zero-order valence-electron chi connectivity index (χ0n) is 19.4. The SMILES string of the molecule is CC[C@H](Oc1cccc2ccccc12)C(=O)N[C@H](C)c1ccc(N2CCC[C@@H](C)C2)cc1. The monoisotopic (exact) mass is 430 g/mol. The number of ether oxygens (including phenoxy) is 1. The molecule has 1 aliphatic rings. The molecule has 1 amide bonds. The van der Waals surface area contributed by atoms with Crippen molar-refractivity contribution in [2.45, 2.75) is 52.2 Å². The summed E-state index contributed by atoms with van der Waals surface area (Å²) < 4.78 is 6.17. The van der Waals surface area contributed by atoms with Gasteiger partial charge in [0.05, 0.1) is 6.04 Å². The summed E-state index contributed by atoms with van der Waals surface area (Å²) in [5, 5.41) is 5.28. The molecule has 1 saturated heterocycles. The number of hydrogen-bond acceptors (Lipinski definition) is 3. The molecular weight excluding hydrogens is 396 g/mol.